The van der Waals surface area contributed by atoms with Gasteiger partial charge >= 0.3 is 142 Å². The molecule has 1 unspecified atom stereocenters. The van der Waals surface area contributed by atoms with Gasteiger partial charge in [0.2, 0.25) is 0 Å². The van der Waals surface area contributed by atoms with Crippen molar-refractivity contribution in [3.8, 4) is 0 Å². The molecule has 3 aromatic carbocycles. The molecule has 6 heteroatoms. The molecule has 0 amide bonds. The van der Waals surface area contributed by atoms with E-state index in [0.717, 1.165) is 0 Å². The van der Waals surface area contributed by atoms with Crippen LogP contribution in [0.5, 0.6) is 0 Å². The molecule has 0 saturated heterocycles. The third-order valence-electron chi connectivity index (χ3n) is 3.75. The second-order valence-electron chi connectivity index (χ2n) is 5.23. The van der Waals surface area contributed by atoms with E-state index in [9.17, 15) is 11.5 Å². The van der Waals surface area contributed by atoms with E-state index in [4.69, 9.17) is 3.82 Å². The fraction of sp³-hybridized carbons (Fsp3) is 0.0526. The van der Waals surface area contributed by atoms with Gasteiger partial charge in [-0.25, -0.2) is 0 Å². The van der Waals surface area contributed by atoms with E-state index in [-0.39, 0.29) is 9.90 Å². The first-order valence-corrected chi connectivity index (χ1v) is 9.23. The normalized spacial score (nSPS) is 11.5. The van der Waals surface area contributed by atoms with Crippen LogP contribution in [-0.2, 0) is 33.9 Å². The molecule has 3 rings (SSSR count). The number of benzene rings is 3. The third kappa shape index (κ3) is 4.15. The first-order valence-electron chi connectivity index (χ1n) is 7.30. The van der Waals surface area contributed by atoms with Crippen LogP contribution in [0.1, 0.15) is 16.7 Å². The summed E-state index contributed by atoms with van der Waals surface area (Å²) in [6.07, 6.45) is 0. The molecule has 130 valence electrons. The quantitative estimate of drug-likeness (QED) is 0.369. The van der Waals surface area contributed by atoms with Crippen LogP contribution in [0, 0.1) is 0 Å². The molecule has 0 aromatic heterocycles. The molecule has 0 bridgehead atoms. The van der Waals surface area contributed by atoms with Crippen LogP contribution in [-0.4, -0.2) is 0 Å². The van der Waals surface area contributed by atoms with E-state index >= 15 is 0 Å². The summed E-state index contributed by atoms with van der Waals surface area (Å²) in [5.74, 6) is 0. The standard InChI is InChI=1S/C19H15O.Mn.3O.H3P/c20-19(16-10-4-1-5-11-16,17-12-6-2-7-13-17)18-14-8-3-9-15-18;;;;;/h1-15H;;;;;1H3/q-1;+1;;;;. The molecule has 0 saturated carbocycles. The van der Waals surface area contributed by atoms with Crippen molar-refractivity contribution in [3.63, 3.8) is 0 Å². The van der Waals surface area contributed by atoms with Crippen molar-refractivity contribution < 1.29 is 28.3 Å². The molecular weight excluding hydrogens is 378 g/mol. The molecular formula is C19H18MnO4P. The Balaban J connectivity index is 0.00000225. The van der Waals surface area contributed by atoms with Gasteiger partial charge in [0.05, 0.1) is 0 Å². The molecule has 0 aliphatic rings. The van der Waals surface area contributed by atoms with Crippen LogP contribution in [0.2, 0.25) is 0 Å². The van der Waals surface area contributed by atoms with Crippen molar-refractivity contribution in [1.82, 2.24) is 0 Å². The third-order valence-corrected chi connectivity index (χ3v) is 4.41. The van der Waals surface area contributed by atoms with E-state index in [1.807, 2.05) is 18.2 Å². The van der Waals surface area contributed by atoms with E-state index in [0.29, 0.717) is 16.7 Å². The van der Waals surface area contributed by atoms with Crippen molar-refractivity contribution in [2.24, 2.45) is 0 Å². The summed E-state index contributed by atoms with van der Waals surface area (Å²) in [6.45, 7) is 0. The zero-order valence-electron chi connectivity index (χ0n) is 13.4. The fourth-order valence-electron chi connectivity index (χ4n) is 2.79. The Morgan fingerprint density at radius 3 is 1.08 bits per heavy atom. The second-order valence-corrected chi connectivity index (χ2v) is 6.66. The first-order chi connectivity index (χ1) is 11.5. The summed E-state index contributed by atoms with van der Waals surface area (Å²) in [4.78, 5) is 0. The Morgan fingerprint density at radius 1 is 0.560 bits per heavy atom. The van der Waals surface area contributed by atoms with Crippen LogP contribution in [0.3, 0.4) is 0 Å². The fourth-order valence-corrected chi connectivity index (χ4v) is 3.65. The second kappa shape index (κ2) is 7.90. The molecule has 25 heavy (non-hydrogen) atoms. The molecule has 0 heterocycles. The average Bonchev–Trinajstić information content (AvgIpc) is 2.61. The van der Waals surface area contributed by atoms with Gasteiger partial charge in [-0.1, -0.05) is 0 Å². The van der Waals surface area contributed by atoms with Crippen LogP contribution in [0.4, 0.5) is 0 Å². The van der Waals surface area contributed by atoms with Gasteiger partial charge in [-0.2, -0.15) is 9.90 Å². The van der Waals surface area contributed by atoms with Crippen LogP contribution in [0.15, 0.2) is 91.0 Å². The van der Waals surface area contributed by atoms with Gasteiger partial charge in [0.25, 0.3) is 0 Å². The van der Waals surface area contributed by atoms with Gasteiger partial charge in [-0.15, -0.1) is 0 Å². The Morgan fingerprint density at radius 2 is 0.840 bits per heavy atom. The topological polar surface area (TPSA) is 60.4 Å². The molecule has 0 N–H and O–H groups in total. The van der Waals surface area contributed by atoms with E-state index in [1.165, 1.54) is 0 Å². The minimum absolute atomic E-state index is 0. The van der Waals surface area contributed by atoms with Crippen molar-refractivity contribution in [3.05, 3.63) is 108 Å². The van der Waals surface area contributed by atoms with E-state index in [1.54, 1.807) is 72.8 Å². The number of rotatable bonds is 5. The van der Waals surface area contributed by atoms with Gasteiger partial charge in [0, 0.05) is 0 Å². The Labute approximate surface area is 151 Å². The summed E-state index contributed by atoms with van der Waals surface area (Å²) < 4.78 is 40.2. The molecule has 0 spiro atoms. The minimum atomic E-state index is -5.61. The van der Waals surface area contributed by atoms with Crippen molar-refractivity contribution in [2.75, 3.05) is 0 Å². The van der Waals surface area contributed by atoms with Gasteiger partial charge < -0.3 is 0 Å². The summed E-state index contributed by atoms with van der Waals surface area (Å²) in [6, 6.07) is 26.6. The molecule has 3 aromatic rings. The van der Waals surface area contributed by atoms with E-state index in [2.05, 4.69) is 0 Å². The number of hydrogen-bond donors (Lipinski definition) is 0. The molecule has 0 aliphatic heterocycles. The van der Waals surface area contributed by atoms with Gasteiger partial charge in [0.15, 0.2) is 0 Å². The monoisotopic (exact) mass is 396 g/mol. The summed E-state index contributed by atoms with van der Waals surface area (Å²) in [5, 5.41) is 0. The molecule has 0 radical (unpaired) electrons. The molecule has 0 aliphatic carbocycles. The maximum atomic E-state index is 11.6. The summed E-state index contributed by atoms with van der Waals surface area (Å²) >= 11 is -5.61. The zero-order valence-corrected chi connectivity index (χ0v) is 16.0. The zero-order chi connectivity index (χ0) is 17.0. The van der Waals surface area contributed by atoms with Crippen LogP contribution >= 0.6 is 9.90 Å². The van der Waals surface area contributed by atoms with Gasteiger partial charge in [-0.3, -0.25) is 0 Å². The predicted octanol–water partition coefficient (Wildman–Crippen LogP) is 4.16. The Hall–Kier alpha value is -2.03. The molecule has 1 atom stereocenters. The van der Waals surface area contributed by atoms with Crippen molar-refractivity contribution in [1.29, 1.82) is 0 Å². The molecule has 4 nitrogen and oxygen atoms in total. The Bertz CT molecular complexity index is 857. The van der Waals surface area contributed by atoms with Gasteiger partial charge in [-0.05, 0) is 0 Å². The van der Waals surface area contributed by atoms with Gasteiger partial charge in [0.1, 0.15) is 0 Å². The van der Waals surface area contributed by atoms with Crippen molar-refractivity contribution >= 4 is 9.90 Å². The van der Waals surface area contributed by atoms with Crippen LogP contribution in [0.25, 0.3) is 0 Å². The van der Waals surface area contributed by atoms with E-state index < -0.39 is 18.6 Å². The predicted molar refractivity (Wildman–Crippen MR) is 93.5 cm³/mol. The SMILES string of the molecule is P.[O]=[Mn](=[O])(=[O])[O]C(c1ccccc1)(c1ccccc1)c1ccccc1. The molecule has 0 fully saturated rings. The van der Waals surface area contributed by atoms with Crippen LogP contribution < -0.4 is 0 Å². The summed E-state index contributed by atoms with van der Waals surface area (Å²) in [5.41, 5.74) is 0.203. The number of hydrogen-bond acceptors (Lipinski definition) is 4. The maximum absolute atomic E-state index is 11.6. The average molecular weight is 396 g/mol. The van der Waals surface area contributed by atoms with Crippen molar-refractivity contribution in [2.45, 2.75) is 5.60 Å². The summed E-state index contributed by atoms with van der Waals surface area (Å²) in [7, 11) is 0. The first kappa shape index (κ1) is 19.3. The Kier molecular flexibility index (Phi) is 6.10.